The molecular weight excluding hydrogens is 344 g/mol. The van der Waals surface area contributed by atoms with Gasteiger partial charge in [-0.25, -0.2) is 0 Å². The molecule has 6 nitrogen and oxygen atoms in total. The van der Waals surface area contributed by atoms with E-state index in [1.54, 1.807) is 30.3 Å². The van der Waals surface area contributed by atoms with Crippen LogP contribution in [0.1, 0.15) is 28.8 Å². The summed E-state index contributed by atoms with van der Waals surface area (Å²) in [4.78, 5) is 24.7. The zero-order chi connectivity index (χ0) is 19.1. The van der Waals surface area contributed by atoms with Crippen LogP contribution in [0.25, 0.3) is 0 Å². The van der Waals surface area contributed by atoms with E-state index in [1.165, 1.54) is 0 Å². The van der Waals surface area contributed by atoms with Gasteiger partial charge >= 0.3 is 0 Å². The third kappa shape index (κ3) is 5.56. The molecule has 2 aromatic carbocycles. The molecule has 2 aromatic rings. The predicted octanol–water partition coefficient (Wildman–Crippen LogP) is 2.92. The van der Waals surface area contributed by atoms with Gasteiger partial charge in [-0.2, -0.15) is 0 Å². The molecule has 0 spiro atoms. The number of amides is 2. The molecule has 1 atom stereocenters. The van der Waals surface area contributed by atoms with Gasteiger partial charge in [0, 0.05) is 13.2 Å². The zero-order valence-electron chi connectivity index (χ0n) is 15.4. The van der Waals surface area contributed by atoms with Crippen LogP contribution in [0.4, 0.5) is 5.69 Å². The molecule has 0 saturated carbocycles. The first-order valence-corrected chi connectivity index (χ1v) is 9.10. The van der Waals surface area contributed by atoms with Gasteiger partial charge in [-0.05, 0) is 49.6 Å². The quantitative estimate of drug-likeness (QED) is 0.788. The van der Waals surface area contributed by atoms with Crippen molar-refractivity contribution in [2.75, 3.05) is 25.1 Å². The number of ether oxygens (including phenoxy) is 2. The molecule has 0 aromatic heterocycles. The molecule has 3 rings (SSSR count). The highest BCUT2D eigenvalue weighted by Gasteiger charge is 2.18. The molecule has 27 heavy (non-hydrogen) atoms. The Morgan fingerprint density at radius 1 is 1.19 bits per heavy atom. The lowest BCUT2D eigenvalue weighted by molar-refractivity contribution is -0.118. The molecule has 1 fully saturated rings. The SMILES string of the molecule is Cc1cccc(OCC(=O)Nc2ccccc2C(=O)NC[C@H]2CCCO2)c1. The van der Waals surface area contributed by atoms with Gasteiger partial charge in [0.1, 0.15) is 5.75 Å². The van der Waals surface area contributed by atoms with Gasteiger partial charge in [0.05, 0.1) is 17.4 Å². The summed E-state index contributed by atoms with van der Waals surface area (Å²) in [5.74, 6) is 0.0737. The van der Waals surface area contributed by atoms with Crippen LogP contribution < -0.4 is 15.4 Å². The van der Waals surface area contributed by atoms with E-state index >= 15 is 0 Å². The highest BCUT2D eigenvalue weighted by atomic mass is 16.5. The lowest BCUT2D eigenvalue weighted by Crippen LogP contribution is -2.32. The van der Waals surface area contributed by atoms with Crippen molar-refractivity contribution in [3.05, 3.63) is 59.7 Å². The van der Waals surface area contributed by atoms with E-state index in [2.05, 4.69) is 10.6 Å². The number of anilines is 1. The third-order valence-corrected chi connectivity index (χ3v) is 4.32. The van der Waals surface area contributed by atoms with Gasteiger partial charge < -0.3 is 20.1 Å². The summed E-state index contributed by atoms with van der Waals surface area (Å²) < 4.78 is 11.0. The number of hydrogen-bond acceptors (Lipinski definition) is 4. The summed E-state index contributed by atoms with van der Waals surface area (Å²) >= 11 is 0. The number of carbonyl (C=O) groups is 2. The van der Waals surface area contributed by atoms with Gasteiger partial charge in [-0.1, -0.05) is 24.3 Å². The van der Waals surface area contributed by atoms with Gasteiger partial charge in [-0.15, -0.1) is 0 Å². The molecule has 0 unspecified atom stereocenters. The molecule has 1 heterocycles. The molecule has 6 heteroatoms. The standard InChI is InChI=1S/C21H24N2O4/c1-15-6-4-7-16(12-15)27-14-20(24)23-19-10-3-2-9-18(19)21(25)22-13-17-8-5-11-26-17/h2-4,6-7,9-10,12,17H,5,8,11,13-14H2,1H3,(H,22,25)(H,23,24)/t17-/m1/s1. The van der Waals surface area contributed by atoms with Crippen molar-refractivity contribution in [2.24, 2.45) is 0 Å². The van der Waals surface area contributed by atoms with Crippen molar-refractivity contribution in [3.8, 4) is 5.75 Å². The van der Waals surface area contributed by atoms with Crippen molar-refractivity contribution >= 4 is 17.5 Å². The van der Waals surface area contributed by atoms with Crippen LogP contribution in [0.2, 0.25) is 0 Å². The van der Waals surface area contributed by atoms with E-state index in [1.807, 2.05) is 25.1 Å². The van der Waals surface area contributed by atoms with Gasteiger partial charge in [-0.3, -0.25) is 9.59 Å². The molecule has 142 valence electrons. The van der Waals surface area contributed by atoms with E-state index in [0.717, 1.165) is 25.0 Å². The van der Waals surface area contributed by atoms with Crippen LogP contribution in [0.15, 0.2) is 48.5 Å². The molecule has 0 bridgehead atoms. The highest BCUT2D eigenvalue weighted by Crippen LogP contribution is 2.17. The summed E-state index contributed by atoms with van der Waals surface area (Å²) in [6.07, 6.45) is 2.04. The van der Waals surface area contributed by atoms with Crippen LogP contribution >= 0.6 is 0 Å². The first-order valence-electron chi connectivity index (χ1n) is 9.10. The first kappa shape index (κ1) is 18.9. The van der Waals surface area contributed by atoms with Crippen LogP contribution in [-0.4, -0.2) is 37.7 Å². The monoisotopic (exact) mass is 368 g/mol. The van der Waals surface area contributed by atoms with Gasteiger partial charge in [0.2, 0.25) is 0 Å². The van der Waals surface area contributed by atoms with Crippen LogP contribution in [0, 0.1) is 6.92 Å². The van der Waals surface area contributed by atoms with E-state index in [-0.39, 0.29) is 24.5 Å². The summed E-state index contributed by atoms with van der Waals surface area (Å²) in [6, 6.07) is 14.4. The molecule has 0 radical (unpaired) electrons. The minimum absolute atomic E-state index is 0.0680. The topological polar surface area (TPSA) is 76.7 Å². The second-order valence-electron chi connectivity index (χ2n) is 6.54. The fraction of sp³-hybridized carbons (Fsp3) is 0.333. The number of aryl methyl sites for hydroxylation is 1. The molecule has 1 aliphatic rings. The largest absolute Gasteiger partial charge is 0.484 e. The van der Waals surface area contributed by atoms with Gasteiger partial charge in [0.15, 0.2) is 6.61 Å². The Kier molecular flexibility index (Phi) is 6.44. The maximum absolute atomic E-state index is 12.5. The van der Waals surface area contributed by atoms with Crippen molar-refractivity contribution in [3.63, 3.8) is 0 Å². The number of hydrogen-bond donors (Lipinski definition) is 2. The van der Waals surface area contributed by atoms with E-state index in [4.69, 9.17) is 9.47 Å². The smallest absolute Gasteiger partial charge is 0.262 e. The second-order valence-corrected chi connectivity index (χ2v) is 6.54. The normalized spacial score (nSPS) is 16.0. The van der Waals surface area contributed by atoms with E-state index in [0.29, 0.717) is 23.5 Å². The molecule has 2 N–H and O–H groups in total. The fourth-order valence-corrected chi connectivity index (χ4v) is 2.94. The van der Waals surface area contributed by atoms with Crippen molar-refractivity contribution in [2.45, 2.75) is 25.9 Å². The summed E-state index contributed by atoms with van der Waals surface area (Å²) in [5.41, 5.74) is 1.93. The minimum atomic E-state index is -0.323. The predicted molar refractivity (Wildman–Crippen MR) is 103 cm³/mol. The van der Waals surface area contributed by atoms with Crippen molar-refractivity contribution < 1.29 is 19.1 Å². The highest BCUT2D eigenvalue weighted by molar-refractivity contribution is 6.04. The number of rotatable bonds is 7. The summed E-state index contributed by atoms with van der Waals surface area (Å²) in [5, 5.41) is 5.62. The Bertz CT molecular complexity index is 800. The second kappa shape index (κ2) is 9.19. The zero-order valence-corrected chi connectivity index (χ0v) is 15.4. The minimum Gasteiger partial charge on any atom is -0.484 e. The maximum atomic E-state index is 12.5. The number of para-hydroxylation sites is 1. The fourth-order valence-electron chi connectivity index (χ4n) is 2.94. The Morgan fingerprint density at radius 2 is 2.04 bits per heavy atom. The number of carbonyl (C=O) groups excluding carboxylic acids is 2. The maximum Gasteiger partial charge on any atom is 0.262 e. The molecule has 2 amide bonds. The Hall–Kier alpha value is -2.86. The molecule has 0 aliphatic carbocycles. The van der Waals surface area contributed by atoms with Crippen molar-refractivity contribution in [1.29, 1.82) is 0 Å². The average molecular weight is 368 g/mol. The Morgan fingerprint density at radius 3 is 2.81 bits per heavy atom. The molecule has 1 saturated heterocycles. The Labute approximate surface area is 158 Å². The molecular formula is C21H24N2O4. The summed E-state index contributed by atoms with van der Waals surface area (Å²) in [6.45, 7) is 3.04. The third-order valence-electron chi connectivity index (χ3n) is 4.32. The summed E-state index contributed by atoms with van der Waals surface area (Å²) in [7, 11) is 0. The number of benzene rings is 2. The Balaban J connectivity index is 1.56. The first-order chi connectivity index (χ1) is 13.1. The van der Waals surface area contributed by atoms with Crippen LogP contribution in [0.3, 0.4) is 0 Å². The van der Waals surface area contributed by atoms with Crippen LogP contribution in [0.5, 0.6) is 5.75 Å². The lowest BCUT2D eigenvalue weighted by Gasteiger charge is -2.14. The van der Waals surface area contributed by atoms with E-state index in [9.17, 15) is 9.59 Å². The average Bonchev–Trinajstić information content (AvgIpc) is 3.19. The van der Waals surface area contributed by atoms with E-state index < -0.39 is 0 Å². The van der Waals surface area contributed by atoms with Crippen LogP contribution in [-0.2, 0) is 9.53 Å². The van der Waals surface area contributed by atoms with Crippen molar-refractivity contribution in [1.82, 2.24) is 5.32 Å². The molecule has 1 aliphatic heterocycles. The van der Waals surface area contributed by atoms with Gasteiger partial charge in [0.25, 0.3) is 11.8 Å². The number of nitrogens with one attached hydrogen (secondary N) is 2. The lowest BCUT2D eigenvalue weighted by atomic mass is 10.1.